The number of carbonyl (C=O) groups excluding carboxylic acids is 1. The highest BCUT2D eigenvalue weighted by Gasteiger charge is 2.12. The Morgan fingerprint density at radius 2 is 1.91 bits per heavy atom. The van der Waals surface area contributed by atoms with Gasteiger partial charge in [-0.2, -0.15) is 0 Å². The van der Waals surface area contributed by atoms with Gasteiger partial charge >= 0.3 is 6.03 Å². The van der Waals surface area contributed by atoms with Gasteiger partial charge in [-0.3, -0.25) is 0 Å². The number of fused-ring (bicyclic) bond motifs is 1. The van der Waals surface area contributed by atoms with Crippen LogP contribution in [0.15, 0.2) is 36.4 Å². The summed E-state index contributed by atoms with van der Waals surface area (Å²) in [4.78, 5) is 11.9. The van der Waals surface area contributed by atoms with E-state index in [1.54, 1.807) is 37.3 Å². The van der Waals surface area contributed by atoms with Crippen LogP contribution in [0.3, 0.4) is 0 Å². The van der Waals surface area contributed by atoms with Crippen LogP contribution < -0.4 is 20.1 Å². The molecule has 1 aliphatic rings. The molecule has 5 nitrogen and oxygen atoms in total. The normalized spacial score (nSPS) is 12.6. The van der Waals surface area contributed by atoms with Crippen LogP contribution in [-0.4, -0.2) is 19.2 Å². The molecule has 2 amide bonds. The number of rotatable bonds is 3. The van der Waals surface area contributed by atoms with Gasteiger partial charge in [0.05, 0.1) is 0 Å². The number of urea groups is 1. The molecule has 0 aliphatic carbocycles. The van der Waals surface area contributed by atoms with E-state index in [0.29, 0.717) is 41.5 Å². The molecule has 3 rings (SSSR count). The molecule has 1 heterocycles. The van der Waals surface area contributed by atoms with Crippen LogP contribution in [0.1, 0.15) is 11.1 Å². The standard InChI is InChI=1S/C17H17FN2O3/c1-11-2-3-12(8-14(11)18)10-19-17(21)20-13-4-5-15-16(9-13)23-7-6-22-15/h2-5,8-9H,6-7,10H2,1H3,(H2,19,20,21). The minimum atomic E-state index is -0.373. The van der Waals surface area contributed by atoms with E-state index in [2.05, 4.69) is 10.6 Å². The summed E-state index contributed by atoms with van der Waals surface area (Å²) in [5.74, 6) is 0.989. The second-order valence-corrected chi connectivity index (χ2v) is 5.25. The first-order chi connectivity index (χ1) is 11.1. The van der Waals surface area contributed by atoms with E-state index in [9.17, 15) is 9.18 Å². The fourth-order valence-electron chi connectivity index (χ4n) is 2.23. The van der Waals surface area contributed by atoms with E-state index in [1.165, 1.54) is 6.07 Å². The van der Waals surface area contributed by atoms with Crippen molar-refractivity contribution < 1.29 is 18.7 Å². The van der Waals surface area contributed by atoms with Crippen LogP contribution in [0.25, 0.3) is 0 Å². The molecular weight excluding hydrogens is 299 g/mol. The van der Waals surface area contributed by atoms with Crippen molar-refractivity contribution >= 4 is 11.7 Å². The minimum absolute atomic E-state index is 0.244. The van der Waals surface area contributed by atoms with Crippen molar-refractivity contribution in [3.05, 3.63) is 53.3 Å². The van der Waals surface area contributed by atoms with Gasteiger partial charge in [0.2, 0.25) is 0 Å². The Hall–Kier alpha value is -2.76. The highest BCUT2D eigenvalue weighted by Crippen LogP contribution is 2.32. The van der Waals surface area contributed by atoms with Crippen LogP contribution in [0.4, 0.5) is 14.9 Å². The largest absolute Gasteiger partial charge is 0.486 e. The second-order valence-electron chi connectivity index (χ2n) is 5.25. The fourth-order valence-corrected chi connectivity index (χ4v) is 2.23. The fraction of sp³-hybridized carbons (Fsp3) is 0.235. The lowest BCUT2D eigenvalue weighted by Crippen LogP contribution is -2.28. The SMILES string of the molecule is Cc1ccc(CNC(=O)Nc2ccc3c(c2)OCCO3)cc1F. The first-order valence-corrected chi connectivity index (χ1v) is 7.31. The average molecular weight is 316 g/mol. The van der Waals surface area contributed by atoms with Crippen LogP contribution in [0, 0.1) is 12.7 Å². The van der Waals surface area contributed by atoms with E-state index in [-0.39, 0.29) is 18.4 Å². The molecule has 0 saturated heterocycles. The molecule has 0 spiro atoms. The zero-order valence-corrected chi connectivity index (χ0v) is 12.7. The Labute approximate surface area is 133 Å². The molecule has 2 N–H and O–H groups in total. The zero-order chi connectivity index (χ0) is 16.2. The Morgan fingerprint density at radius 1 is 1.13 bits per heavy atom. The number of aryl methyl sites for hydroxylation is 1. The molecule has 0 saturated carbocycles. The van der Waals surface area contributed by atoms with Crippen molar-refractivity contribution in [2.75, 3.05) is 18.5 Å². The maximum atomic E-state index is 13.5. The lowest BCUT2D eigenvalue weighted by molar-refractivity contribution is 0.171. The van der Waals surface area contributed by atoms with Crippen molar-refractivity contribution in [2.45, 2.75) is 13.5 Å². The minimum Gasteiger partial charge on any atom is -0.486 e. The Bertz CT molecular complexity index is 734. The first-order valence-electron chi connectivity index (χ1n) is 7.31. The van der Waals surface area contributed by atoms with Crippen molar-refractivity contribution in [3.8, 4) is 11.5 Å². The van der Waals surface area contributed by atoms with Gasteiger partial charge < -0.3 is 20.1 Å². The Balaban J connectivity index is 1.57. The van der Waals surface area contributed by atoms with Gasteiger partial charge in [-0.05, 0) is 36.2 Å². The third kappa shape index (κ3) is 3.71. The van der Waals surface area contributed by atoms with Crippen molar-refractivity contribution in [1.29, 1.82) is 0 Å². The van der Waals surface area contributed by atoms with Gasteiger partial charge in [0.15, 0.2) is 11.5 Å². The molecule has 6 heteroatoms. The molecule has 0 fully saturated rings. The number of benzene rings is 2. The Kier molecular flexibility index (Phi) is 4.32. The lowest BCUT2D eigenvalue weighted by Gasteiger charge is -2.19. The highest BCUT2D eigenvalue weighted by molar-refractivity contribution is 5.89. The smallest absolute Gasteiger partial charge is 0.319 e. The predicted octanol–water partition coefficient (Wildman–Crippen LogP) is 3.23. The molecule has 1 aliphatic heterocycles. The van der Waals surface area contributed by atoms with Gasteiger partial charge in [0.25, 0.3) is 0 Å². The molecule has 0 atom stereocenters. The maximum absolute atomic E-state index is 13.5. The van der Waals surface area contributed by atoms with E-state index in [4.69, 9.17) is 9.47 Å². The van der Waals surface area contributed by atoms with Crippen LogP contribution in [0.5, 0.6) is 11.5 Å². The molecule has 0 radical (unpaired) electrons. The zero-order valence-electron chi connectivity index (χ0n) is 12.7. The second kappa shape index (κ2) is 6.56. The third-order valence-corrected chi connectivity index (χ3v) is 3.49. The molecule has 2 aromatic carbocycles. The monoisotopic (exact) mass is 316 g/mol. The number of halogens is 1. The number of carbonyl (C=O) groups is 1. The van der Waals surface area contributed by atoms with E-state index >= 15 is 0 Å². The molecular formula is C17H17FN2O3. The quantitative estimate of drug-likeness (QED) is 0.914. The molecule has 120 valence electrons. The third-order valence-electron chi connectivity index (χ3n) is 3.49. The summed E-state index contributed by atoms with van der Waals surface area (Å²) in [5.41, 5.74) is 1.88. The van der Waals surface area contributed by atoms with Gasteiger partial charge in [0, 0.05) is 18.3 Å². The van der Waals surface area contributed by atoms with Gasteiger partial charge in [-0.25, -0.2) is 9.18 Å². The van der Waals surface area contributed by atoms with Gasteiger partial charge in [-0.15, -0.1) is 0 Å². The Morgan fingerprint density at radius 3 is 2.70 bits per heavy atom. The van der Waals surface area contributed by atoms with Crippen molar-refractivity contribution in [2.24, 2.45) is 0 Å². The van der Waals surface area contributed by atoms with Crippen LogP contribution in [-0.2, 0) is 6.54 Å². The summed E-state index contributed by atoms with van der Waals surface area (Å²) in [6.07, 6.45) is 0. The van der Waals surface area contributed by atoms with Gasteiger partial charge in [0.1, 0.15) is 19.0 Å². The summed E-state index contributed by atoms with van der Waals surface area (Å²) in [6, 6.07) is 9.70. The topological polar surface area (TPSA) is 59.6 Å². The number of hydrogen-bond donors (Lipinski definition) is 2. The van der Waals surface area contributed by atoms with Crippen molar-refractivity contribution in [1.82, 2.24) is 5.32 Å². The molecule has 0 bridgehead atoms. The van der Waals surface area contributed by atoms with E-state index in [0.717, 1.165) is 0 Å². The summed E-state index contributed by atoms with van der Waals surface area (Å²) in [6.45, 7) is 2.95. The average Bonchev–Trinajstić information content (AvgIpc) is 2.56. The molecule has 23 heavy (non-hydrogen) atoms. The summed E-state index contributed by atoms with van der Waals surface area (Å²) in [7, 11) is 0. The number of anilines is 1. The molecule has 0 aromatic heterocycles. The summed E-state index contributed by atoms with van der Waals surface area (Å²) >= 11 is 0. The first kappa shape index (κ1) is 15.1. The summed E-state index contributed by atoms with van der Waals surface area (Å²) in [5, 5.41) is 5.39. The molecule has 2 aromatic rings. The van der Waals surface area contributed by atoms with Crippen LogP contribution >= 0.6 is 0 Å². The maximum Gasteiger partial charge on any atom is 0.319 e. The predicted molar refractivity (Wildman–Crippen MR) is 84.4 cm³/mol. The number of hydrogen-bond acceptors (Lipinski definition) is 3. The molecule has 0 unspecified atom stereocenters. The van der Waals surface area contributed by atoms with Crippen LogP contribution in [0.2, 0.25) is 0 Å². The number of amides is 2. The van der Waals surface area contributed by atoms with Crippen molar-refractivity contribution in [3.63, 3.8) is 0 Å². The highest BCUT2D eigenvalue weighted by atomic mass is 19.1. The van der Waals surface area contributed by atoms with E-state index in [1.807, 2.05) is 0 Å². The van der Waals surface area contributed by atoms with Gasteiger partial charge in [-0.1, -0.05) is 12.1 Å². The number of ether oxygens (including phenoxy) is 2. The van der Waals surface area contributed by atoms with E-state index < -0.39 is 0 Å². The summed E-state index contributed by atoms with van der Waals surface area (Å²) < 4.78 is 24.3. The lowest BCUT2D eigenvalue weighted by atomic mass is 10.1. The number of nitrogens with one attached hydrogen (secondary N) is 2.